The summed E-state index contributed by atoms with van der Waals surface area (Å²) in [4.78, 5) is 0. The molecule has 0 amide bonds. The molecule has 1 atom stereocenters. The van der Waals surface area contributed by atoms with Crippen molar-refractivity contribution in [2.24, 2.45) is 0 Å². The summed E-state index contributed by atoms with van der Waals surface area (Å²) in [6.07, 6.45) is 4.63. The van der Waals surface area contributed by atoms with Gasteiger partial charge in [0, 0.05) is 5.92 Å². The van der Waals surface area contributed by atoms with Crippen LogP contribution in [0.4, 0.5) is 0 Å². The summed E-state index contributed by atoms with van der Waals surface area (Å²) in [7, 11) is 0. The lowest BCUT2D eigenvalue weighted by Gasteiger charge is -2.13. The molecule has 0 heterocycles. The standard InChI is InChI=1S/C14H17/c1-4-11(3)14-9-10(2)5-8-13(14)12-6-7-12/h4-5,8-9,11-12H,1,3,6-7H2,2H3. The molecule has 1 aromatic rings. The van der Waals surface area contributed by atoms with E-state index in [0.29, 0.717) is 0 Å². The van der Waals surface area contributed by atoms with E-state index in [2.05, 4.69) is 38.6 Å². The maximum Gasteiger partial charge on any atom is 0.00185 e. The van der Waals surface area contributed by atoms with Crippen molar-refractivity contribution in [2.75, 3.05) is 0 Å². The van der Waals surface area contributed by atoms with E-state index in [1.165, 1.54) is 29.5 Å². The van der Waals surface area contributed by atoms with Crippen LogP contribution in [0.25, 0.3) is 0 Å². The molecule has 1 unspecified atom stereocenters. The van der Waals surface area contributed by atoms with Gasteiger partial charge in [-0.25, -0.2) is 0 Å². The highest BCUT2D eigenvalue weighted by Crippen LogP contribution is 2.43. The van der Waals surface area contributed by atoms with Crippen LogP contribution in [0, 0.1) is 13.8 Å². The van der Waals surface area contributed by atoms with E-state index in [0.717, 1.165) is 5.92 Å². The summed E-state index contributed by atoms with van der Waals surface area (Å²) in [6, 6.07) is 6.73. The number of benzene rings is 1. The van der Waals surface area contributed by atoms with Gasteiger partial charge in [0.25, 0.3) is 0 Å². The van der Waals surface area contributed by atoms with E-state index in [4.69, 9.17) is 0 Å². The molecule has 0 nitrogen and oxygen atoms in total. The molecule has 0 bridgehead atoms. The zero-order chi connectivity index (χ0) is 10.1. The third-order valence-corrected chi connectivity index (χ3v) is 2.94. The fourth-order valence-corrected chi connectivity index (χ4v) is 1.91. The van der Waals surface area contributed by atoms with Crippen LogP contribution in [0.2, 0.25) is 0 Å². The maximum absolute atomic E-state index is 4.12. The van der Waals surface area contributed by atoms with Crippen molar-refractivity contribution in [1.29, 1.82) is 0 Å². The molecule has 0 spiro atoms. The Labute approximate surface area is 86.7 Å². The molecule has 1 aliphatic carbocycles. The van der Waals surface area contributed by atoms with Crippen molar-refractivity contribution >= 4 is 0 Å². The van der Waals surface area contributed by atoms with E-state index >= 15 is 0 Å². The second kappa shape index (κ2) is 3.61. The second-order valence-corrected chi connectivity index (χ2v) is 4.25. The van der Waals surface area contributed by atoms with Crippen molar-refractivity contribution in [3.63, 3.8) is 0 Å². The zero-order valence-electron chi connectivity index (χ0n) is 8.79. The van der Waals surface area contributed by atoms with Gasteiger partial charge in [0.2, 0.25) is 0 Å². The van der Waals surface area contributed by atoms with Crippen molar-refractivity contribution in [2.45, 2.75) is 31.6 Å². The molecule has 1 saturated carbocycles. The third-order valence-electron chi connectivity index (χ3n) is 2.94. The summed E-state index contributed by atoms with van der Waals surface area (Å²) in [5.41, 5.74) is 4.19. The molecule has 1 radical (unpaired) electrons. The Balaban J connectivity index is 2.42. The van der Waals surface area contributed by atoms with E-state index < -0.39 is 0 Å². The van der Waals surface area contributed by atoms with Gasteiger partial charge in [-0.3, -0.25) is 0 Å². The molecular weight excluding hydrogens is 168 g/mol. The third kappa shape index (κ3) is 1.75. The van der Waals surface area contributed by atoms with E-state index in [-0.39, 0.29) is 5.92 Å². The zero-order valence-corrected chi connectivity index (χ0v) is 8.79. The van der Waals surface area contributed by atoms with Crippen LogP contribution in [-0.2, 0) is 0 Å². The van der Waals surface area contributed by atoms with Crippen LogP contribution in [0.1, 0.15) is 41.4 Å². The Morgan fingerprint density at radius 3 is 2.71 bits per heavy atom. The predicted octanol–water partition coefficient (Wildman–Crippen LogP) is 3.98. The van der Waals surface area contributed by atoms with Gasteiger partial charge >= 0.3 is 0 Å². The molecule has 0 N–H and O–H groups in total. The quantitative estimate of drug-likeness (QED) is 0.625. The van der Waals surface area contributed by atoms with Crippen molar-refractivity contribution in [3.8, 4) is 0 Å². The Morgan fingerprint density at radius 2 is 2.14 bits per heavy atom. The van der Waals surface area contributed by atoms with Crippen LogP contribution in [0.3, 0.4) is 0 Å². The summed E-state index contributed by atoms with van der Waals surface area (Å²) >= 11 is 0. The molecule has 1 aliphatic rings. The second-order valence-electron chi connectivity index (χ2n) is 4.25. The van der Waals surface area contributed by atoms with E-state index in [1.54, 1.807) is 0 Å². The van der Waals surface area contributed by atoms with Gasteiger partial charge in [-0.2, -0.15) is 0 Å². The van der Waals surface area contributed by atoms with Gasteiger partial charge in [0.1, 0.15) is 0 Å². The van der Waals surface area contributed by atoms with Gasteiger partial charge in [-0.05, 0) is 43.7 Å². The number of aryl methyl sites for hydroxylation is 1. The van der Waals surface area contributed by atoms with Gasteiger partial charge in [0.15, 0.2) is 0 Å². The average Bonchev–Trinajstić information content (AvgIpc) is 3.00. The fraction of sp³-hybridized carbons (Fsp3) is 0.357. The first-order chi connectivity index (χ1) is 6.72. The van der Waals surface area contributed by atoms with Gasteiger partial charge in [-0.15, -0.1) is 6.58 Å². The minimum atomic E-state index is 0.241. The first-order valence-corrected chi connectivity index (χ1v) is 5.28. The molecule has 73 valence electrons. The Bertz CT molecular complexity index is 345. The molecule has 1 aromatic carbocycles. The Hall–Kier alpha value is -1.04. The summed E-state index contributed by atoms with van der Waals surface area (Å²) in [5, 5.41) is 0. The largest absolute Gasteiger partial charge is 0.102 e. The monoisotopic (exact) mass is 185 g/mol. The fourth-order valence-electron chi connectivity index (χ4n) is 1.91. The van der Waals surface area contributed by atoms with Crippen LogP contribution >= 0.6 is 0 Å². The molecule has 0 aromatic heterocycles. The Morgan fingerprint density at radius 1 is 1.43 bits per heavy atom. The van der Waals surface area contributed by atoms with Crippen LogP contribution in [0.5, 0.6) is 0 Å². The number of hydrogen-bond acceptors (Lipinski definition) is 0. The summed E-state index contributed by atoms with van der Waals surface area (Å²) in [5.74, 6) is 1.04. The molecule has 14 heavy (non-hydrogen) atoms. The van der Waals surface area contributed by atoms with Gasteiger partial charge < -0.3 is 0 Å². The minimum Gasteiger partial charge on any atom is -0.102 e. The Kier molecular flexibility index (Phi) is 2.45. The number of hydrogen-bond donors (Lipinski definition) is 0. The molecule has 0 saturated heterocycles. The lowest BCUT2D eigenvalue weighted by Crippen LogP contribution is -1.96. The summed E-state index contributed by atoms with van der Waals surface area (Å²) < 4.78 is 0. The SMILES string of the molecule is [CH2]C(C=C)c1cc(C)ccc1C1CC1. The lowest BCUT2D eigenvalue weighted by molar-refractivity contribution is 0.994. The predicted molar refractivity (Wildman–Crippen MR) is 61.4 cm³/mol. The normalized spacial score (nSPS) is 17.9. The van der Waals surface area contributed by atoms with Crippen molar-refractivity contribution in [1.82, 2.24) is 0 Å². The van der Waals surface area contributed by atoms with Crippen LogP contribution < -0.4 is 0 Å². The minimum absolute atomic E-state index is 0.241. The van der Waals surface area contributed by atoms with Gasteiger partial charge in [-0.1, -0.05) is 29.8 Å². The number of rotatable bonds is 3. The highest BCUT2D eigenvalue weighted by Gasteiger charge is 2.26. The number of allylic oxidation sites excluding steroid dienone is 1. The molecule has 1 fully saturated rings. The highest BCUT2D eigenvalue weighted by atomic mass is 14.3. The highest BCUT2D eigenvalue weighted by molar-refractivity contribution is 5.40. The average molecular weight is 185 g/mol. The van der Waals surface area contributed by atoms with Crippen LogP contribution in [0.15, 0.2) is 30.9 Å². The molecular formula is C14H17. The van der Waals surface area contributed by atoms with Crippen molar-refractivity contribution < 1.29 is 0 Å². The lowest BCUT2D eigenvalue weighted by atomic mass is 9.92. The van der Waals surface area contributed by atoms with E-state index in [9.17, 15) is 0 Å². The molecule has 2 rings (SSSR count). The first kappa shape index (κ1) is 9.51. The molecule has 0 heteroatoms. The topological polar surface area (TPSA) is 0 Å². The summed E-state index contributed by atoms with van der Waals surface area (Å²) in [6.45, 7) is 10.1. The van der Waals surface area contributed by atoms with Crippen molar-refractivity contribution in [3.05, 3.63) is 54.5 Å². The molecule has 0 aliphatic heterocycles. The van der Waals surface area contributed by atoms with Crippen LogP contribution in [-0.4, -0.2) is 0 Å². The van der Waals surface area contributed by atoms with E-state index in [1.807, 2.05) is 6.08 Å². The first-order valence-electron chi connectivity index (χ1n) is 5.28. The maximum atomic E-state index is 4.12. The smallest absolute Gasteiger partial charge is 0.00185 e. The van der Waals surface area contributed by atoms with Gasteiger partial charge in [0.05, 0.1) is 0 Å².